The van der Waals surface area contributed by atoms with E-state index in [0.29, 0.717) is 0 Å². The lowest BCUT2D eigenvalue weighted by Gasteiger charge is -2.08. The highest BCUT2D eigenvalue weighted by atomic mass is 32.1. The van der Waals surface area contributed by atoms with E-state index in [-0.39, 0.29) is 0 Å². The monoisotopic (exact) mass is 288 g/mol. The Kier molecular flexibility index (Phi) is 3.51. The van der Waals surface area contributed by atoms with E-state index in [0.717, 1.165) is 41.0 Å². The van der Waals surface area contributed by atoms with Gasteiger partial charge in [0.05, 0.1) is 16.9 Å². The van der Waals surface area contributed by atoms with Gasteiger partial charge in [-0.3, -0.25) is 0 Å². The Labute approximate surface area is 120 Å². The average molecular weight is 288 g/mol. The number of anilines is 2. The molecule has 0 saturated heterocycles. The van der Waals surface area contributed by atoms with Crippen molar-refractivity contribution in [1.29, 1.82) is 0 Å². The minimum absolute atomic E-state index is 0.784. The van der Waals surface area contributed by atoms with E-state index in [1.807, 2.05) is 30.8 Å². The van der Waals surface area contributed by atoms with Crippen LogP contribution in [0.15, 0.2) is 24.0 Å². The van der Waals surface area contributed by atoms with E-state index in [9.17, 15) is 0 Å². The first-order valence-corrected chi connectivity index (χ1v) is 7.30. The molecule has 0 atom stereocenters. The minimum Gasteiger partial charge on any atom is -0.372 e. The fraction of sp³-hybridized carbons (Fsp3) is 0.308. The van der Waals surface area contributed by atoms with Gasteiger partial charge in [-0.1, -0.05) is 0 Å². The van der Waals surface area contributed by atoms with Crippen LogP contribution in [0.3, 0.4) is 0 Å². The fourth-order valence-electron chi connectivity index (χ4n) is 2.00. The summed E-state index contributed by atoms with van der Waals surface area (Å²) in [6, 6.07) is 0. The van der Waals surface area contributed by atoms with Gasteiger partial charge in [-0.25, -0.2) is 15.0 Å². The van der Waals surface area contributed by atoms with Gasteiger partial charge in [0.1, 0.15) is 5.82 Å². The molecule has 0 aliphatic carbocycles. The van der Waals surface area contributed by atoms with Crippen molar-refractivity contribution in [3.05, 3.63) is 34.7 Å². The van der Waals surface area contributed by atoms with Crippen molar-refractivity contribution < 1.29 is 0 Å². The van der Waals surface area contributed by atoms with Crippen molar-refractivity contribution in [2.45, 2.75) is 13.3 Å². The second-order valence-electron chi connectivity index (χ2n) is 4.42. The smallest absolute Gasteiger partial charge is 0.180 e. The molecule has 0 spiro atoms. The van der Waals surface area contributed by atoms with Gasteiger partial charge in [-0.2, -0.15) is 0 Å². The van der Waals surface area contributed by atoms with E-state index in [4.69, 9.17) is 0 Å². The second-order valence-corrected chi connectivity index (χ2v) is 5.48. The molecule has 3 aromatic heterocycles. The van der Waals surface area contributed by atoms with E-state index in [2.05, 4.69) is 31.0 Å². The average Bonchev–Trinajstić information content (AvgIpc) is 3.07. The van der Waals surface area contributed by atoms with Crippen molar-refractivity contribution in [2.75, 3.05) is 24.2 Å². The molecule has 3 aromatic rings. The number of hydrogen-bond acceptors (Lipinski definition) is 6. The van der Waals surface area contributed by atoms with Crippen LogP contribution in [0.5, 0.6) is 0 Å². The highest BCUT2D eigenvalue weighted by Crippen LogP contribution is 2.16. The summed E-state index contributed by atoms with van der Waals surface area (Å²) in [5, 5.41) is 9.59. The predicted octanol–water partition coefficient (Wildman–Crippen LogP) is 2.19. The van der Waals surface area contributed by atoms with Crippen molar-refractivity contribution in [3.8, 4) is 0 Å². The van der Waals surface area contributed by atoms with Gasteiger partial charge in [-0.05, 0) is 6.92 Å². The zero-order valence-corrected chi connectivity index (χ0v) is 12.2. The lowest BCUT2D eigenvalue weighted by atomic mass is 10.3. The Balaban J connectivity index is 1.74. The summed E-state index contributed by atoms with van der Waals surface area (Å²) >= 11 is 1.68. The molecule has 0 aliphatic rings. The van der Waals surface area contributed by atoms with Crippen LogP contribution in [0.25, 0.3) is 5.65 Å². The quantitative estimate of drug-likeness (QED) is 0.753. The van der Waals surface area contributed by atoms with Crippen molar-refractivity contribution >= 4 is 28.6 Å². The van der Waals surface area contributed by atoms with Crippen LogP contribution in [0.2, 0.25) is 0 Å². The van der Waals surface area contributed by atoms with Crippen LogP contribution in [0, 0.1) is 6.92 Å². The standard InChI is InChI=1S/C13H16N6S/c1-9-17-10(8-20-9)3-4-15-12-13-16-5-6-19(13)7-11(14-2)18-12/h5-8,14H,3-4H2,1-2H3,(H,15,18). The number of imidazole rings is 1. The Morgan fingerprint density at radius 1 is 1.35 bits per heavy atom. The third kappa shape index (κ3) is 2.57. The topological polar surface area (TPSA) is 67.1 Å². The van der Waals surface area contributed by atoms with Crippen LogP contribution in [0.1, 0.15) is 10.7 Å². The Hall–Kier alpha value is -2.15. The molecule has 0 unspecified atom stereocenters. The molecule has 0 aromatic carbocycles. The number of hydrogen-bond donors (Lipinski definition) is 2. The van der Waals surface area contributed by atoms with Gasteiger partial charge in [0.25, 0.3) is 0 Å². The van der Waals surface area contributed by atoms with Crippen LogP contribution < -0.4 is 10.6 Å². The summed E-state index contributed by atoms with van der Waals surface area (Å²) in [5.74, 6) is 1.59. The Morgan fingerprint density at radius 2 is 2.25 bits per heavy atom. The number of nitrogens with zero attached hydrogens (tertiary/aromatic N) is 4. The predicted molar refractivity (Wildman–Crippen MR) is 81.6 cm³/mol. The summed E-state index contributed by atoms with van der Waals surface area (Å²) < 4.78 is 1.95. The summed E-state index contributed by atoms with van der Waals surface area (Å²) in [4.78, 5) is 13.3. The molecule has 0 aliphatic heterocycles. The van der Waals surface area contributed by atoms with Gasteiger partial charge >= 0.3 is 0 Å². The normalized spacial score (nSPS) is 10.9. The molecule has 2 N–H and O–H groups in total. The second kappa shape index (κ2) is 5.46. The molecule has 7 heteroatoms. The number of rotatable bonds is 5. The van der Waals surface area contributed by atoms with Gasteiger partial charge in [0.15, 0.2) is 11.5 Å². The first-order valence-electron chi connectivity index (χ1n) is 6.42. The molecule has 0 radical (unpaired) electrons. The lowest BCUT2D eigenvalue weighted by molar-refractivity contribution is 0.957. The third-order valence-electron chi connectivity index (χ3n) is 2.97. The van der Waals surface area contributed by atoms with Gasteiger partial charge < -0.3 is 15.0 Å². The minimum atomic E-state index is 0.784. The maximum absolute atomic E-state index is 4.50. The molecule has 104 valence electrons. The summed E-state index contributed by atoms with van der Waals surface area (Å²) in [5.41, 5.74) is 1.95. The van der Waals surface area contributed by atoms with Crippen molar-refractivity contribution in [3.63, 3.8) is 0 Å². The molecule has 3 rings (SSSR count). The third-order valence-corrected chi connectivity index (χ3v) is 3.79. The molecular formula is C13H16N6S. The van der Waals surface area contributed by atoms with Crippen LogP contribution in [-0.2, 0) is 6.42 Å². The Morgan fingerprint density at radius 3 is 3.00 bits per heavy atom. The number of aryl methyl sites for hydroxylation is 1. The number of fused-ring (bicyclic) bond motifs is 1. The summed E-state index contributed by atoms with van der Waals surface area (Å²) in [7, 11) is 1.85. The van der Waals surface area contributed by atoms with Crippen LogP contribution >= 0.6 is 11.3 Å². The van der Waals surface area contributed by atoms with Gasteiger partial charge in [-0.15, -0.1) is 11.3 Å². The summed E-state index contributed by atoms with van der Waals surface area (Å²) in [6.07, 6.45) is 6.47. The maximum atomic E-state index is 4.50. The van der Waals surface area contributed by atoms with Crippen LogP contribution in [0.4, 0.5) is 11.6 Å². The molecule has 3 heterocycles. The van der Waals surface area contributed by atoms with Crippen molar-refractivity contribution in [2.24, 2.45) is 0 Å². The van der Waals surface area contributed by atoms with E-state index >= 15 is 0 Å². The van der Waals surface area contributed by atoms with Gasteiger partial charge in [0.2, 0.25) is 0 Å². The van der Waals surface area contributed by atoms with Crippen molar-refractivity contribution in [1.82, 2.24) is 19.4 Å². The molecule has 20 heavy (non-hydrogen) atoms. The van der Waals surface area contributed by atoms with E-state index in [1.54, 1.807) is 17.5 Å². The zero-order chi connectivity index (χ0) is 13.9. The number of thiazole rings is 1. The number of nitrogens with one attached hydrogen (secondary N) is 2. The van der Waals surface area contributed by atoms with Gasteiger partial charge in [0, 0.05) is 37.8 Å². The maximum Gasteiger partial charge on any atom is 0.180 e. The lowest BCUT2D eigenvalue weighted by Crippen LogP contribution is -2.09. The van der Waals surface area contributed by atoms with E-state index < -0.39 is 0 Å². The first kappa shape index (κ1) is 12.9. The van der Waals surface area contributed by atoms with E-state index in [1.165, 1.54) is 0 Å². The highest BCUT2D eigenvalue weighted by Gasteiger charge is 2.06. The summed E-state index contributed by atoms with van der Waals surface area (Å²) in [6.45, 7) is 2.81. The molecule has 0 fully saturated rings. The molecule has 0 saturated carbocycles. The van der Waals surface area contributed by atoms with Crippen LogP contribution in [-0.4, -0.2) is 32.9 Å². The zero-order valence-electron chi connectivity index (χ0n) is 11.4. The first-order chi connectivity index (χ1) is 9.76. The largest absolute Gasteiger partial charge is 0.372 e. The molecule has 0 amide bonds. The molecule has 0 bridgehead atoms. The molecule has 6 nitrogen and oxygen atoms in total. The molecular weight excluding hydrogens is 272 g/mol. The fourth-order valence-corrected chi connectivity index (χ4v) is 2.65. The highest BCUT2D eigenvalue weighted by molar-refractivity contribution is 7.09. The SMILES string of the molecule is CNc1cn2ccnc2c(NCCc2csc(C)n2)n1. The Bertz CT molecular complexity index is 717. The number of aromatic nitrogens is 4.